The molecule has 0 saturated carbocycles. The zero-order valence-corrected chi connectivity index (χ0v) is 14.1. The van der Waals surface area contributed by atoms with Crippen molar-refractivity contribution in [3.63, 3.8) is 0 Å². The van der Waals surface area contributed by atoms with Crippen LogP contribution in [0, 0.1) is 0 Å². The van der Waals surface area contributed by atoms with Crippen LogP contribution in [0.2, 0.25) is 0 Å². The number of rotatable bonds is 5. The molecule has 0 bridgehead atoms. The highest BCUT2D eigenvalue weighted by Crippen LogP contribution is 2.25. The van der Waals surface area contributed by atoms with Gasteiger partial charge in [-0.2, -0.15) is 0 Å². The Kier molecular flexibility index (Phi) is 4.91. The van der Waals surface area contributed by atoms with Crippen LogP contribution in [0.1, 0.15) is 26.3 Å². The second-order valence-electron chi connectivity index (χ2n) is 5.34. The number of amides is 1. The zero-order valence-electron chi connectivity index (χ0n) is 13.2. The minimum atomic E-state index is -0.450. The lowest BCUT2D eigenvalue weighted by Gasteiger charge is -2.06. The Morgan fingerprint density at radius 3 is 2.71 bits per heavy atom. The average molecular weight is 339 g/mol. The number of hydrogen-bond acceptors (Lipinski definition) is 4. The van der Waals surface area contributed by atoms with E-state index in [0.717, 1.165) is 6.42 Å². The lowest BCUT2D eigenvalue weighted by atomic mass is 10.1. The van der Waals surface area contributed by atoms with Gasteiger partial charge >= 0.3 is 5.97 Å². The molecule has 1 heterocycles. The number of esters is 1. The van der Waals surface area contributed by atoms with Crippen molar-refractivity contribution in [1.82, 2.24) is 5.32 Å². The van der Waals surface area contributed by atoms with Crippen LogP contribution in [0.25, 0.3) is 10.1 Å². The number of nitrogens with one attached hydrogen (secondary N) is 1. The van der Waals surface area contributed by atoms with E-state index in [-0.39, 0.29) is 5.91 Å². The zero-order chi connectivity index (χ0) is 16.9. The van der Waals surface area contributed by atoms with Gasteiger partial charge in [-0.1, -0.05) is 24.3 Å². The highest BCUT2D eigenvalue weighted by molar-refractivity contribution is 7.17. The largest absolute Gasteiger partial charge is 0.465 e. The molecular formula is C19H17NO3S. The predicted molar refractivity (Wildman–Crippen MR) is 95.6 cm³/mol. The number of ether oxygens (including phenoxy) is 1. The van der Waals surface area contributed by atoms with E-state index < -0.39 is 5.97 Å². The Morgan fingerprint density at radius 2 is 1.88 bits per heavy atom. The molecule has 0 spiro atoms. The van der Waals surface area contributed by atoms with Crippen LogP contribution in [0.5, 0.6) is 0 Å². The van der Waals surface area contributed by atoms with Crippen molar-refractivity contribution in [3.8, 4) is 0 Å². The van der Waals surface area contributed by atoms with E-state index in [1.807, 2.05) is 12.1 Å². The highest BCUT2D eigenvalue weighted by Gasteiger charge is 2.10. The van der Waals surface area contributed by atoms with Crippen molar-refractivity contribution in [2.75, 3.05) is 13.7 Å². The van der Waals surface area contributed by atoms with E-state index >= 15 is 0 Å². The Morgan fingerprint density at radius 1 is 1.08 bits per heavy atom. The van der Waals surface area contributed by atoms with E-state index in [9.17, 15) is 9.59 Å². The number of thiophene rings is 1. The number of carbonyl (C=O) groups is 2. The number of hydrogen-bond donors (Lipinski definition) is 1. The fourth-order valence-corrected chi connectivity index (χ4v) is 3.54. The van der Waals surface area contributed by atoms with Crippen molar-refractivity contribution in [2.24, 2.45) is 0 Å². The van der Waals surface area contributed by atoms with Gasteiger partial charge in [-0.25, -0.2) is 4.79 Å². The van der Waals surface area contributed by atoms with Crippen LogP contribution < -0.4 is 5.32 Å². The summed E-state index contributed by atoms with van der Waals surface area (Å²) >= 11 is 1.71. The van der Waals surface area contributed by atoms with Crippen LogP contribution in [-0.4, -0.2) is 25.5 Å². The summed E-state index contributed by atoms with van der Waals surface area (Å²) in [6, 6.07) is 14.8. The first-order chi connectivity index (χ1) is 11.7. The molecule has 3 aromatic rings. The van der Waals surface area contributed by atoms with Gasteiger partial charge < -0.3 is 10.1 Å². The molecule has 0 aliphatic heterocycles. The number of methoxy groups -OCH3 is 1. The normalized spacial score (nSPS) is 10.5. The Balaban J connectivity index is 1.62. The topological polar surface area (TPSA) is 55.4 Å². The molecule has 3 rings (SSSR count). The summed E-state index contributed by atoms with van der Waals surface area (Å²) in [5, 5.41) is 6.27. The smallest absolute Gasteiger partial charge is 0.337 e. The lowest BCUT2D eigenvalue weighted by molar-refractivity contribution is 0.0600. The molecular weight excluding hydrogens is 322 g/mol. The van der Waals surface area contributed by atoms with Gasteiger partial charge in [-0.15, -0.1) is 11.3 Å². The third-order valence-electron chi connectivity index (χ3n) is 3.79. The van der Waals surface area contributed by atoms with Crippen LogP contribution in [-0.2, 0) is 11.2 Å². The molecule has 4 nitrogen and oxygen atoms in total. The fraction of sp³-hybridized carbons (Fsp3) is 0.158. The van der Waals surface area contributed by atoms with Crippen LogP contribution in [0.4, 0.5) is 0 Å². The van der Waals surface area contributed by atoms with Crippen LogP contribution in [0.15, 0.2) is 53.9 Å². The van der Waals surface area contributed by atoms with Crippen LogP contribution >= 0.6 is 11.3 Å². The monoisotopic (exact) mass is 339 g/mol. The summed E-state index contributed by atoms with van der Waals surface area (Å²) in [7, 11) is 1.32. The van der Waals surface area contributed by atoms with Crippen molar-refractivity contribution in [2.45, 2.75) is 6.42 Å². The standard InChI is InChI=1S/C19H17NO3S/c1-23-19(22)14-6-4-5-13(11-14)18(21)20-10-9-15-12-24-17-8-3-2-7-16(15)17/h2-8,11-12H,9-10H2,1H3,(H,20,21). The molecule has 0 radical (unpaired) electrons. The first kappa shape index (κ1) is 16.2. The third kappa shape index (κ3) is 3.46. The predicted octanol–water partition coefficient (Wildman–Crippen LogP) is 3.66. The summed E-state index contributed by atoms with van der Waals surface area (Å²) in [4.78, 5) is 23.8. The maximum absolute atomic E-state index is 12.2. The second kappa shape index (κ2) is 7.27. The van der Waals surface area contributed by atoms with E-state index in [2.05, 4.69) is 27.6 Å². The van der Waals surface area contributed by atoms with E-state index in [1.54, 1.807) is 35.6 Å². The first-order valence-corrected chi connectivity index (χ1v) is 8.48. The fourth-order valence-electron chi connectivity index (χ4n) is 2.54. The molecule has 0 saturated heterocycles. The quantitative estimate of drug-likeness (QED) is 0.722. The Hall–Kier alpha value is -2.66. The van der Waals surface area contributed by atoms with Gasteiger partial charge in [-0.05, 0) is 47.0 Å². The summed E-state index contributed by atoms with van der Waals surface area (Å²) in [5.74, 6) is -0.644. The molecule has 1 N–H and O–H groups in total. The summed E-state index contributed by atoms with van der Waals surface area (Å²) in [6.07, 6.45) is 0.770. The molecule has 0 aliphatic carbocycles. The summed E-state index contributed by atoms with van der Waals surface area (Å²) < 4.78 is 5.93. The minimum absolute atomic E-state index is 0.194. The molecule has 24 heavy (non-hydrogen) atoms. The number of carbonyl (C=O) groups excluding carboxylic acids is 2. The van der Waals surface area contributed by atoms with Crippen LogP contribution in [0.3, 0.4) is 0 Å². The van der Waals surface area contributed by atoms with Gasteiger partial charge in [0.1, 0.15) is 0 Å². The molecule has 0 atom stereocenters. The van der Waals surface area contributed by atoms with Crippen molar-refractivity contribution in [1.29, 1.82) is 0 Å². The Bertz CT molecular complexity index is 885. The van der Waals surface area contributed by atoms with E-state index in [4.69, 9.17) is 0 Å². The molecule has 1 aromatic heterocycles. The SMILES string of the molecule is COC(=O)c1cccc(C(=O)NCCc2csc3ccccc23)c1. The average Bonchev–Trinajstić information content (AvgIpc) is 3.04. The van der Waals surface area contributed by atoms with Gasteiger partial charge in [0.2, 0.25) is 0 Å². The van der Waals surface area contributed by atoms with Crippen molar-refractivity contribution < 1.29 is 14.3 Å². The molecule has 0 fully saturated rings. The molecule has 0 unspecified atom stereocenters. The van der Waals surface area contributed by atoms with Gasteiger partial charge in [0.15, 0.2) is 0 Å². The molecule has 5 heteroatoms. The molecule has 122 valence electrons. The van der Waals surface area contributed by atoms with Gasteiger partial charge in [0.05, 0.1) is 12.7 Å². The van der Waals surface area contributed by atoms with E-state index in [0.29, 0.717) is 17.7 Å². The Labute approximate surface area is 144 Å². The van der Waals surface area contributed by atoms with Gasteiger partial charge in [0, 0.05) is 16.8 Å². The summed E-state index contributed by atoms with van der Waals surface area (Å²) in [6.45, 7) is 0.544. The van der Waals surface area contributed by atoms with Crippen molar-refractivity contribution in [3.05, 3.63) is 70.6 Å². The number of fused-ring (bicyclic) bond motifs is 1. The second-order valence-corrected chi connectivity index (χ2v) is 6.25. The summed E-state index contributed by atoms with van der Waals surface area (Å²) in [5.41, 5.74) is 2.06. The molecule has 2 aromatic carbocycles. The van der Waals surface area contributed by atoms with Gasteiger partial charge in [0.25, 0.3) is 5.91 Å². The first-order valence-electron chi connectivity index (χ1n) is 7.60. The lowest BCUT2D eigenvalue weighted by Crippen LogP contribution is -2.25. The minimum Gasteiger partial charge on any atom is -0.465 e. The third-order valence-corrected chi connectivity index (χ3v) is 4.80. The van der Waals surface area contributed by atoms with Gasteiger partial charge in [-0.3, -0.25) is 4.79 Å². The molecule has 1 amide bonds. The van der Waals surface area contributed by atoms with Crippen molar-refractivity contribution >= 4 is 33.3 Å². The molecule has 0 aliphatic rings. The maximum atomic E-state index is 12.2. The van der Waals surface area contributed by atoms with E-state index in [1.165, 1.54) is 22.8 Å². The maximum Gasteiger partial charge on any atom is 0.337 e. The number of benzene rings is 2. The highest BCUT2D eigenvalue weighted by atomic mass is 32.1.